The van der Waals surface area contributed by atoms with Crippen LogP contribution < -0.4 is 0 Å². The second kappa shape index (κ2) is 5.62. The summed E-state index contributed by atoms with van der Waals surface area (Å²) in [7, 11) is 0. The smallest absolute Gasteiger partial charge is 0.0988 e. The quantitative estimate of drug-likeness (QED) is 0.739. The normalized spacial score (nSPS) is 13.5. The molecular weight excluding hydrogens is 270 g/mol. The number of hydrogen-bond acceptors (Lipinski definition) is 1. The van der Waals surface area contributed by atoms with Crippen molar-refractivity contribution in [3.63, 3.8) is 0 Å². The van der Waals surface area contributed by atoms with Crippen LogP contribution in [-0.2, 0) is 6.54 Å². The van der Waals surface area contributed by atoms with E-state index in [1.54, 1.807) is 0 Å². The van der Waals surface area contributed by atoms with Crippen LogP contribution >= 0.6 is 0 Å². The van der Waals surface area contributed by atoms with E-state index in [9.17, 15) is 5.11 Å². The lowest BCUT2D eigenvalue weighted by molar-refractivity contribution is 0.0564. The molecule has 3 aromatic rings. The molecule has 0 aliphatic heterocycles. The SMILES string of the molecule is CC(C)(C)C(O)c1cc2ccccc2n1Cc1ccccc1. The zero-order valence-electron chi connectivity index (χ0n) is 13.5. The Labute approximate surface area is 132 Å². The number of para-hydroxylation sites is 1. The van der Waals surface area contributed by atoms with Crippen molar-refractivity contribution < 1.29 is 5.11 Å². The molecule has 0 fully saturated rings. The number of hydrogen-bond donors (Lipinski definition) is 1. The number of aliphatic hydroxyl groups is 1. The first-order valence-electron chi connectivity index (χ1n) is 7.77. The Kier molecular flexibility index (Phi) is 3.79. The molecule has 1 N–H and O–H groups in total. The summed E-state index contributed by atoms with van der Waals surface area (Å²) < 4.78 is 2.24. The minimum Gasteiger partial charge on any atom is -0.386 e. The van der Waals surface area contributed by atoms with E-state index < -0.39 is 6.10 Å². The third-order valence-electron chi connectivity index (χ3n) is 4.13. The van der Waals surface area contributed by atoms with Crippen LogP contribution in [-0.4, -0.2) is 9.67 Å². The van der Waals surface area contributed by atoms with Gasteiger partial charge in [-0.1, -0.05) is 69.3 Å². The molecule has 0 aliphatic rings. The van der Waals surface area contributed by atoms with Crippen LogP contribution in [0.4, 0.5) is 0 Å². The second-order valence-electron chi connectivity index (χ2n) is 6.97. The van der Waals surface area contributed by atoms with Crippen molar-refractivity contribution in [1.82, 2.24) is 4.57 Å². The molecule has 0 radical (unpaired) electrons. The summed E-state index contributed by atoms with van der Waals surface area (Å²) in [4.78, 5) is 0. The van der Waals surface area contributed by atoms with E-state index in [1.807, 2.05) is 12.1 Å². The van der Waals surface area contributed by atoms with E-state index in [0.29, 0.717) is 0 Å². The van der Waals surface area contributed by atoms with Gasteiger partial charge in [-0.3, -0.25) is 0 Å². The van der Waals surface area contributed by atoms with Gasteiger partial charge in [-0.2, -0.15) is 0 Å². The lowest BCUT2D eigenvalue weighted by Crippen LogP contribution is -2.21. The fourth-order valence-electron chi connectivity index (χ4n) is 2.84. The summed E-state index contributed by atoms with van der Waals surface area (Å²) in [6.07, 6.45) is -0.497. The highest BCUT2D eigenvalue weighted by molar-refractivity contribution is 5.81. The van der Waals surface area contributed by atoms with Crippen molar-refractivity contribution in [3.05, 3.63) is 71.9 Å². The van der Waals surface area contributed by atoms with Gasteiger partial charge in [0.25, 0.3) is 0 Å². The van der Waals surface area contributed by atoms with Gasteiger partial charge in [-0.15, -0.1) is 0 Å². The first-order chi connectivity index (χ1) is 10.5. The first kappa shape index (κ1) is 14.9. The van der Waals surface area contributed by atoms with Crippen LogP contribution in [0.2, 0.25) is 0 Å². The Morgan fingerprint density at radius 3 is 2.27 bits per heavy atom. The fraction of sp³-hybridized carbons (Fsp3) is 0.300. The standard InChI is InChI=1S/C20H23NO/c1-20(2,3)19(22)18-13-16-11-7-8-12-17(16)21(18)14-15-9-5-4-6-10-15/h4-13,19,22H,14H2,1-3H3. The minimum absolute atomic E-state index is 0.192. The van der Waals surface area contributed by atoms with Gasteiger partial charge >= 0.3 is 0 Å². The summed E-state index contributed by atoms with van der Waals surface area (Å²) >= 11 is 0. The van der Waals surface area contributed by atoms with Crippen LogP contribution in [0.5, 0.6) is 0 Å². The lowest BCUT2D eigenvalue weighted by atomic mass is 9.87. The van der Waals surface area contributed by atoms with Gasteiger partial charge in [0.15, 0.2) is 0 Å². The second-order valence-corrected chi connectivity index (χ2v) is 6.97. The Balaban J connectivity index is 2.13. The third-order valence-corrected chi connectivity index (χ3v) is 4.13. The molecule has 1 atom stereocenters. The van der Waals surface area contributed by atoms with Gasteiger partial charge in [0.05, 0.1) is 6.10 Å². The number of aliphatic hydroxyl groups excluding tert-OH is 1. The molecule has 2 heteroatoms. The van der Waals surface area contributed by atoms with Crippen LogP contribution in [0.3, 0.4) is 0 Å². The molecule has 114 valence electrons. The van der Waals surface area contributed by atoms with E-state index in [0.717, 1.165) is 12.2 Å². The van der Waals surface area contributed by atoms with Crippen LogP contribution in [0.1, 0.15) is 38.1 Å². The highest BCUT2D eigenvalue weighted by atomic mass is 16.3. The average Bonchev–Trinajstić information content (AvgIpc) is 2.85. The summed E-state index contributed by atoms with van der Waals surface area (Å²) in [5, 5.41) is 12.0. The summed E-state index contributed by atoms with van der Waals surface area (Å²) in [6, 6.07) is 20.8. The molecule has 2 nitrogen and oxygen atoms in total. The number of fused-ring (bicyclic) bond motifs is 1. The zero-order valence-corrected chi connectivity index (χ0v) is 13.5. The number of benzene rings is 2. The maximum absolute atomic E-state index is 10.8. The predicted molar refractivity (Wildman–Crippen MR) is 91.9 cm³/mol. The Morgan fingerprint density at radius 2 is 1.59 bits per heavy atom. The van der Waals surface area contributed by atoms with Crippen molar-refractivity contribution in [2.75, 3.05) is 0 Å². The number of rotatable bonds is 3. The summed E-state index contributed by atoms with van der Waals surface area (Å²) in [6.45, 7) is 6.99. The molecule has 0 saturated carbocycles. The first-order valence-corrected chi connectivity index (χ1v) is 7.77. The Morgan fingerprint density at radius 1 is 0.955 bits per heavy atom. The topological polar surface area (TPSA) is 25.2 Å². The molecule has 0 amide bonds. The molecule has 2 aromatic carbocycles. The molecule has 22 heavy (non-hydrogen) atoms. The molecule has 1 heterocycles. The van der Waals surface area contributed by atoms with Crippen molar-refractivity contribution in [2.45, 2.75) is 33.4 Å². The van der Waals surface area contributed by atoms with Gasteiger partial charge in [0.2, 0.25) is 0 Å². The molecule has 1 aromatic heterocycles. The van der Waals surface area contributed by atoms with Crippen molar-refractivity contribution in [1.29, 1.82) is 0 Å². The highest BCUT2D eigenvalue weighted by Gasteiger charge is 2.27. The predicted octanol–water partition coefficient (Wildman–Crippen LogP) is 4.77. The van der Waals surface area contributed by atoms with E-state index in [1.165, 1.54) is 16.5 Å². The van der Waals surface area contributed by atoms with Crippen molar-refractivity contribution >= 4 is 10.9 Å². The molecule has 0 saturated heterocycles. The lowest BCUT2D eigenvalue weighted by Gasteiger charge is -2.27. The van der Waals surface area contributed by atoms with Gasteiger partial charge in [-0.25, -0.2) is 0 Å². The Hall–Kier alpha value is -2.06. The van der Waals surface area contributed by atoms with Gasteiger partial charge in [-0.05, 0) is 28.5 Å². The molecule has 1 unspecified atom stereocenters. The summed E-state index contributed by atoms with van der Waals surface area (Å²) in [5.74, 6) is 0. The third kappa shape index (κ3) is 2.79. The van der Waals surface area contributed by atoms with Crippen molar-refractivity contribution in [2.24, 2.45) is 5.41 Å². The van der Waals surface area contributed by atoms with Crippen LogP contribution in [0.15, 0.2) is 60.7 Å². The monoisotopic (exact) mass is 293 g/mol. The molecule has 0 aliphatic carbocycles. The summed E-state index contributed by atoms with van der Waals surface area (Å²) in [5.41, 5.74) is 3.21. The van der Waals surface area contributed by atoms with E-state index in [4.69, 9.17) is 0 Å². The molecule has 0 bridgehead atoms. The van der Waals surface area contributed by atoms with Gasteiger partial charge in [0.1, 0.15) is 0 Å². The van der Waals surface area contributed by atoms with Crippen LogP contribution in [0.25, 0.3) is 10.9 Å². The average molecular weight is 293 g/mol. The highest BCUT2D eigenvalue weighted by Crippen LogP contribution is 2.35. The van der Waals surface area contributed by atoms with E-state index in [2.05, 4.69) is 73.9 Å². The van der Waals surface area contributed by atoms with Gasteiger partial charge in [0, 0.05) is 17.8 Å². The maximum atomic E-state index is 10.8. The maximum Gasteiger partial charge on any atom is 0.0988 e. The van der Waals surface area contributed by atoms with Crippen LogP contribution in [0, 0.1) is 5.41 Å². The van der Waals surface area contributed by atoms with Crippen molar-refractivity contribution in [3.8, 4) is 0 Å². The van der Waals surface area contributed by atoms with E-state index >= 15 is 0 Å². The number of aromatic nitrogens is 1. The Bertz CT molecular complexity index is 765. The molecular formula is C20H23NO. The molecule has 0 spiro atoms. The van der Waals surface area contributed by atoms with E-state index in [-0.39, 0.29) is 5.41 Å². The minimum atomic E-state index is -0.497. The fourth-order valence-corrected chi connectivity index (χ4v) is 2.84. The zero-order chi connectivity index (χ0) is 15.7. The largest absolute Gasteiger partial charge is 0.386 e. The number of nitrogens with zero attached hydrogens (tertiary/aromatic N) is 1. The van der Waals surface area contributed by atoms with Gasteiger partial charge < -0.3 is 9.67 Å². The molecule has 3 rings (SSSR count).